The molecule has 0 amide bonds. The number of aliphatic hydroxyl groups is 1. The Morgan fingerprint density at radius 1 is 1.02 bits per heavy atom. The van der Waals surface area contributed by atoms with Gasteiger partial charge in [-0.3, -0.25) is 9.59 Å². The van der Waals surface area contributed by atoms with E-state index in [1.165, 1.54) is 22.8 Å². The zero-order chi connectivity index (χ0) is 29.2. The molecular formula is C32H38FNO6. The molecule has 1 heterocycles. The van der Waals surface area contributed by atoms with Gasteiger partial charge in [0.05, 0.1) is 24.2 Å². The highest BCUT2D eigenvalue weighted by molar-refractivity contribution is 5.77. The van der Waals surface area contributed by atoms with Crippen molar-refractivity contribution in [3.63, 3.8) is 0 Å². The zero-order valence-electron chi connectivity index (χ0n) is 24.0. The Morgan fingerprint density at radius 2 is 1.68 bits per heavy atom. The summed E-state index contributed by atoms with van der Waals surface area (Å²) in [7, 11) is 1.66. The van der Waals surface area contributed by atoms with E-state index in [-0.39, 0.29) is 29.4 Å². The Morgan fingerprint density at radius 3 is 2.27 bits per heavy atom. The van der Waals surface area contributed by atoms with E-state index in [2.05, 4.69) is 0 Å². The normalized spacial score (nSPS) is 17.4. The molecule has 0 spiro atoms. The minimum absolute atomic E-state index is 0.145. The monoisotopic (exact) mass is 551 g/mol. The molecule has 1 fully saturated rings. The van der Waals surface area contributed by atoms with Crippen LogP contribution in [0.5, 0.6) is 17.2 Å². The Kier molecular flexibility index (Phi) is 8.68. The maximum absolute atomic E-state index is 14.0. The number of rotatable bonds is 8. The van der Waals surface area contributed by atoms with Gasteiger partial charge in [0, 0.05) is 30.4 Å². The van der Waals surface area contributed by atoms with Crippen LogP contribution in [0.4, 0.5) is 4.39 Å². The highest BCUT2D eigenvalue weighted by atomic mass is 19.1. The predicted octanol–water partition coefficient (Wildman–Crippen LogP) is 6.33. The van der Waals surface area contributed by atoms with Gasteiger partial charge in [-0.2, -0.15) is 0 Å². The van der Waals surface area contributed by atoms with Crippen molar-refractivity contribution in [3.05, 3.63) is 75.5 Å². The molecule has 2 aromatic carbocycles. The molecule has 1 aliphatic rings. The second-order valence-corrected chi connectivity index (χ2v) is 11.1. The number of halogens is 1. The van der Waals surface area contributed by atoms with Gasteiger partial charge in [-0.25, -0.2) is 4.39 Å². The number of hydrogen-bond donors (Lipinski definition) is 1. The number of nitrogens with zero attached hydrogens (tertiary/aromatic N) is 1. The van der Waals surface area contributed by atoms with Crippen molar-refractivity contribution in [2.75, 3.05) is 6.61 Å². The van der Waals surface area contributed by atoms with E-state index in [1.54, 1.807) is 60.0 Å². The number of esters is 1. The van der Waals surface area contributed by atoms with Crippen LogP contribution in [0.25, 0.3) is 11.1 Å². The average molecular weight is 552 g/mol. The second-order valence-electron chi connectivity index (χ2n) is 11.1. The molecule has 0 radical (unpaired) electrons. The Labute approximate surface area is 234 Å². The summed E-state index contributed by atoms with van der Waals surface area (Å²) in [4.78, 5) is 24.9. The van der Waals surface area contributed by atoms with Crippen molar-refractivity contribution in [1.29, 1.82) is 0 Å². The van der Waals surface area contributed by atoms with Gasteiger partial charge in [-0.1, -0.05) is 6.07 Å². The van der Waals surface area contributed by atoms with E-state index in [0.29, 0.717) is 77.4 Å². The molecular weight excluding hydrogens is 513 g/mol. The lowest BCUT2D eigenvalue weighted by molar-refractivity contribution is -0.149. The molecule has 0 atom stereocenters. The summed E-state index contributed by atoms with van der Waals surface area (Å²) in [6.07, 6.45) is 4.12. The summed E-state index contributed by atoms with van der Waals surface area (Å²) in [6.45, 7) is 9.11. The molecule has 0 bridgehead atoms. The van der Waals surface area contributed by atoms with Crippen molar-refractivity contribution < 1.29 is 28.5 Å². The molecule has 214 valence electrons. The topological polar surface area (TPSA) is 87.0 Å². The Hall–Kier alpha value is -3.65. The van der Waals surface area contributed by atoms with Crippen molar-refractivity contribution in [1.82, 2.24) is 4.57 Å². The molecule has 4 rings (SSSR count). The number of pyridine rings is 1. The standard InChI is InChI=1S/C32H38FNO6/c1-7-38-31(36)21-8-11-24(12-9-21)39-28-17-29(35)34(6)18-26(28)25-16-22(32(4,5)37)10-13-27(25)40-30-19(2)14-23(33)15-20(30)3/h10,13-18,21,24,37H,7-9,11-12H2,1-6H3/t21-,24-. The minimum Gasteiger partial charge on any atom is -0.490 e. The lowest BCUT2D eigenvalue weighted by atomic mass is 9.87. The van der Waals surface area contributed by atoms with E-state index < -0.39 is 5.60 Å². The molecule has 1 aromatic heterocycles. The van der Waals surface area contributed by atoms with Gasteiger partial charge in [-0.05, 0) is 101 Å². The van der Waals surface area contributed by atoms with Crippen molar-refractivity contribution >= 4 is 5.97 Å². The van der Waals surface area contributed by atoms with Crippen LogP contribution >= 0.6 is 0 Å². The number of benzene rings is 2. The lowest BCUT2D eigenvalue weighted by Crippen LogP contribution is -2.29. The molecule has 0 saturated heterocycles. The van der Waals surface area contributed by atoms with Crippen LogP contribution in [0.2, 0.25) is 0 Å². The number of aryl methyl sites for hydroxylation is 3. The van der Waals surface area contributed by atoms with E-state index >= 15 is 0 Å². The highest BCUT2D eigenvalue weighted by Gasteiger charge is 2.29. The summed E-state index contributed by atoms with van der Waals surface area (Å²) in [5.41, 5.74) is 1.81. The number of ether oxygens (including phenoxy) is 3. The van der Waals surface area contributed by atoms with Crippen LogP contribution < -0.4 is 15.0 Å². The number of carbonyl (C=O) groups is 1. The largest absolute Gasteiger partial charge is 0.490 e. The number of hydrogen-bond acceptors (Lipinski definition) is 6. The Bertz CT molecular complexity index is 1420. The van der Waals surface area contributed by atoms with Crippen LogP contribution in [0.3, 0.4) is 0 Å². The summed E-state index contributed by atoms with van der Waals surface area (Å²) in [5, 5.41) is 10.8. The molecule has 7 nitrogen and oxygen atoms in total. The first-order chi connectivity index (χ1) is 18.9. The first kappa shape index (κ1) is 29.3. The fourth-order valence-electron chi connectivity index (χ4n) is 5.15. The fourth-order valence-corrected chi connectivity index (χ4v) is 5.15. The van der Waals surface area contributed by atoms with Gasteiger partial charge >= 0.3 is 5.97 Å². The smallest absolute Gasteiger partial charge is 0.308 e. The third-order valence-corrected chi connectivity index (χ3v) is 7.39. The van der Waals surface area contributed by atoms with Crippen LogP contribution in [0.1, 0.15) is 63.1 Å². The van der Waals surface area contributed by atoms with Gasteiger partial charge < -0.3 is 23.9 Å². The third kappa shape index (κ3) is 6.55. The van der Waals surface area contributed by atoms with Gasteiger partial charge in [0.1, 0.15) is 23.1 Å². The SMILES string of the molecule is CCOC(=O)[C@H]1CC[C@H](Oc2cc(=O)n(C)cc2-c2cc(C(C)(C)O)ccc2Oc2c(C)cc(F)cc2C)CC1. The number of aromatic nitrogens is 1. The van der Waals surface area contributed by atoms with Crippen LogP contribution in [0, 0.1) is 25.6 Å². The van der Waals surface area contributed by atoms with Crippen LogP contribution in [-0.2, 0) is 22.2 Å². The van der Waals surface area contributed by atoms with E-state index in [1.807, 2.05) is 6.07 Å². The van der Waals surface area contributed by atoms with E-state index in [0.717, 1.165) is 0 Å². The second kappa shape index (κ2) is 11.8. The zero-order valence-corrected chi connectivity index (χ0v) is 24.0. The summed E-state index contributed by atoms with van der Waals surface area (Å²) in [5.74, 6) is 0.739. The molecule has 1 aliphatic carbocycles. The molecule has 8 heteroatoms. The van der Waals surface area contributed by atoms with Gasteiger partial charge in [0.25, 0.3) is 5.56 Å². The average Bonchev–Trinajstić information content (AvgIpc) is 2.88. The van der Waals surface area contributed by atoms with Crippen LogP contribution in [0.15, 0.2) is 47.4 Å². The van der Waals surface area contributed by atoms with Crippen molar-refractivity contribution in [2.24, 2.45) is 13.0 Å². The third-order valence-electron chi connectivity index (χ3n) is 7.39. The van der Waals surface area contributed by atoms with Gasteiger partial charge in [0.15, 0.2) is 0 Å². The molecule has 3 aromatic rings. The first-order valence-corrected chi connectivity index (χ1v) is 13.7. The molecule has 40 heavy (non-hydrogen) atoms. The molecule has 1 saturated carbocycles. The molecule has 0 unspecified atom stereocenters. The first-order valence-electron chi connectivity index (χ1n) is 13.7. The summed E-state index contributed by atoms with van der Waals surface area (Å²) >= 11 is 0. The number of carbonyl (C=O) groups excluding carboxylic acids is 1. The highest BCUT2D eigenvalue weighted by Crippen LogP contribution is 2.42. The molecule has 1 N–H and O–H groups in total. The van der Waals surface area contributed by atoms with Gasteiger partial charge in [-0.15, -0.1) is 0 Å². The van der Waals surface area contributed by atoms with E-state index in [4.69, 9.17) is 14.2 Å². The fraction of sp³-hybridized carbons (Fsp3) is 0.438. The maximum Gasteiger partial charge on any atom is 0.308 e. The summed E-state index contributed by atoms with van der Waals surface area (Å²) in [6, 6.07) is 9.67. The summed E-state index contributed by atoms with van der Waals surface area (Å²) < 4.78 is 33.4. The van der Waals surface area contributed by atoms with E-state index in [9.17, 15) is 19.1 Å². The Balaban J connectivity index is 1.75. The quantitative estimate of drug-likeness (QED) is 0.329. The van der Waals surface area contributed by atoms with Gasteiger partial charge in [0.2, 0.25) is 0 Å². The predicted molar refractivity (Wildman–Crippen MR) is 151 cm³/mol. The van der Waals surface area contributed by atoms with Crippen molar-refractivity contribution in [2.45, 2.75) is 72.0 Å². The maximum atomic E-state index is 14.0. The molecule has 0 aliphatic heterocycles. The van der Waals surface area contributed by atoms with Crippen LogP contribution in [-0.4, -0.2) is 28.4 Å². The van der Waals surface area contributed by atoms with Crippen molar-refractivity contribution in [3.8, 4) is 28.4 Å². The minimum atomic E-state index is -1.14. The lowest BCUT2D eigenvalue weighted by Gasteiger charge is -2.29.